The van der Waals surface area contributed by atoms with Crippen molar-refractivity contribution in [2.24, 2.45) is 4.99 Å². The van der Waals surface area contributed by atoms with Crippen LogP contribution < -0.4 is 0 Å². The standard InChI is InChI=1S/C11H14O2.C8H7NO/c1-11(2,3)9-6-4-8(5-7-9)10(12)13;1-7-2-4-8(5-3-7)9-6-10/h4-7H,1-3H3,(H,12,13);2-5H,1H3. The van der Waals surface area contributed by atoms with Crippen LogP contribution >= 0.6 is 0 Å². The Morgan fingerprint density at radius 1 is 1.00 bits per heavy atom. The van der Waals surface area contributed by atoms with Gasteiger partial charge in [0.1, 0.15) is 0 Å². The highest BCUT2D eigenvalue weighted by Crippen LogP contribution is 2.22. The number of carboxylic acid groups (broad SMARTS) is 1. The second-order valence-electron chi connectivity index (χ2n) is 6.17. The number of hydrogen-bond acceptors (Lipinski definition) is 3. The minimum Gasteiger partial charge on any atom is -0.478 e. The van der Waals surface area contributed by atoms with Crippen LogP contribution in [0.15, 0.2) is 53.5 Å². The molecule has 0 atom stereocenters. The average molecular weight is 311 g/mol. The summed E-state index contributed by atoms with van der Waals surface area (Å²) in [5.41, 5.74) is 3.38. The van der Waals surface area contributed by atoms with Crippen LogP contribution in [0.2, 0.25) is 0 Å². The van der Waals surface area contributed by atoms with Gasteiger partial charge in [0.25, 0.3) is 0 Å². The van der Waals surface area contributed by atoms with Crippen LogP contribution in [-0.4, -0.2) is 17.2 Å². The predicted octanol–water partition coefficient (Wildman–Crippen LogP) is 4.64. The number of benzene rings is 2. The number of carbonyl (C=O) groups is 1. The van der Waals surface area contributed by atoms with Gasteiger partial charge in [-0.25, -0.2) is 9.59 Å². The molecule has 0 radical (unpaired) electrons. The van der Waals surface area contributed by atoms with E-state index in [1.54, 1.807) is 24.3 Å². The highest BCUT2D eigenvalue weighted by atomic mass is 16.4. The van der Waals surface area contributed by atoms with Gasteiger partial charge in [-0.15, -0.1) is 0 Å². The number of aromatic carboxylic acids is 1. The average Bonchev–Trinajstić information content (AvgIpc) is 2.50. The third-order valence-corrected chi connectivity index (χ3v) is 3.21. The van der Waals surface area contributed by atoms with E-state index in [9.17, 15) is 9.59 Å². The van der Waals surface area contributed by atoms with Crippen LogP contribution in [0, 0.1) is 6.92 Å². The molecular formula is C19H21NO3. The van der Waals surface area contributed by atoms with E-state index in [0.717, 1.165) is 11.1 Å². The smallest absolute Gasteiger partial charge is 0.335 e. The lowest BCUT2D eigenvalue weighted by molar-refractivity contribution is 0.0697. The van der Waals surface area contributed by atoms with Crippen LogP contribution in [-0.2, 0) is 10.2 Å². The Bertz CT molecular complexity index is 689. The number of rotatable bonds is 2. The summed E-state index contributed by atoms with van der Waals surface area (Å²) < 4.78 is 0. The van der Waals surface area contributed by atoms with Crippen LogP contribution in [0.1, 0.15) is 42.3 Å². The molecule has 0 bridgehead atoms. The van der Waals surface area contributed by atoms with E-state index < -0.39 is 5.97 Å². The molecular weight excluding hydrogens is 290 g/mol. The molecule has 23 heavy (non-hydrogen) atoms. The second kappa shape index (κ2) is 8.06. The predicted molar refractivity (Wildman–Crippen MR) is 91.1 cm³/mol. The fourth-order valence-electron chi connectivity index (χ4n) is 1.78. The fourth-order valence-corrected chi connectivity index (χ4v) is 1.78. The Morgan fingerprint density at radius 3 is 1.91 bits per heavy atom. The van der Waals surface area contributed by atoms with Crippen molar-refractivity contribution in [3.05, 3.63) is 65.2 Å². The molecule has 120 valence electrons. The summed E-state index contributed by atoms with van der Waals surface area (Å²) in [6.45, 7) is 8.28. The first-order valence-corrected chi connectivity index (χ1v) is 7.22. The van der Waals surface area contributed by atoms with Gasteiger partial charge in [0.15, 0.2) is 0 Å². The molecule has 0 aliphatic heterocycles. The minimum atomic E-state index is -0.875. The molecule has 0 amide bonds. The molecule has 0 spiro atoms. The Hall–Kier alpha value is -2.71. The molecule has 2 aromatic carbocycles. The lowest BCUT2D eigenvalue weighted by Crippen LogP contribution is -2.11. The molecule has 4 nitrogen and oxygen atoms in total. The van der Waals surface area contributed by atoms with Gasteiger partial charge in [-0.2, -0.15) is 4.99 Å². The number of carbonyl (C=O) groups excluding carboxylic acids is 1. The molecule has 0 saturated carbocycles. The molecule has 0 heterocycles. The van der Waals surface area contributed by atoms with Crippen molar-refractivity contribution in [3.8, 4) is 0 Å². The van der Waals surface area contributed by atoms with E-state index in [1.807, 2.05) is 31.2 Å². The van der Waals surface area contributed by atoms with Crippen molar-refractivity contribution in [3.63, 3.8) is 0 Å². The molecule has 2 aromatic rings. The Morgan fingerprint density at radius 2 is 1.52 bits per heavy atom. The van der Waals surface area contributed by atoms with Crippen molar-refractivity contribution < 1.29 is 14.7 Å². The Kier molecular flexibility index (Phi) is 6.43. The summed E-state index contributed by atoms with van der Waals surface area (Å²) >= 11 is 0. The normalized spacial score (nSPS) is 10.1. The maximum Gasteiger partial charge on any atom is 0.335 e. The van der Waals surface area contributed by atoms with Crippen molar-refractivity contribution in [1.82, 2.24) is 0 Å². The highest BCUT2D eigenvalue weighted by molar-refractivity contribution is 5.87. The van der Waals surface area contributed by atoms with Crippen molar-refractivity contribution in [1.29, 1.82) is 0 Å². The van der Waals surface area contributed by atoms with E-state index in [1.165, 1.54) is 6.08 Å². The van der Waals surface area contributed by atoms with Gasteiger partial charge in [0.2, 0.25) is 6.08 Å². The van der Waals surface area contributed by atoms with E-state index in [-0.39, 0.29) is 5.41 Å². The zero-order chi connectivity index (χ0) is 17.5. The lowest BCUT2D eigenvalue weighted by Gasteiger charge is -2.18. The summed E-state index contributed by atoms with van der Waals surface area (Å²) in [5.74, 6) is -0.875. The summed E-state index contributed by atoms with van der Waals surface area (Å²) in [4.78, 5) is 23.8. The van der Waals surface area contributed by atoms with Gasteiger partial charge in [-0.3, -0.25) is 0 Å². The van der Waals surface area contributed by atoms with Gasteiger partial charge in [0, 0.05) is 0 Å². The highest BCUT2D eigenvalue weighted by Gasteiger charge is 2.13. The molecule has 0 aliphatic rings. The largest absolute Gasteiger partial charge is 0.478 e. The van der Waals surface area contributed by atoms with Gasteiger partial charge in [0.05, 0.1) is 11.3 Å². The number of hydrogen-bond donors (Lipinski definition) is 1. The quantitative estimate of drug-likeness (QED) is 0.648. The van der Waals surface area contributed by atoms with E-state index >= 15 is 0 Å². The summed E-state index contributed by atoms with van der Waals surface area (Å²) in [7, 11) is 0. The lowest BCUT2D eigenvalue weighted by atomic mass is 9.87. The molecule has 0 saturated heterocycles. The number of nitrogens with zero attached hydrogens (tertiary/aromatic N) is 1. The van der Waals surface area contributed by atoms with Gasteiger partial charge >= 0.3 is 5.97 Å². The zero-order valence-electron chi connectivity index (χ0n) is 13.8. The first-order chi connectivity index (χ1) is 10.7. The summed E-state index contributed by atoms with van der Waals surface area (Å²) in [5, 5.41) is 8.68. The van der Waals surface area contributed by atoms with E-state index in [4.69, 9.17) is 5.11 Å². The molecule has 2 rings (SSSR count). The first kappa shape index (κ1) is 18.3. The van der Waals surface area contributed by atoms with E-state index in [0.29, 0.717) is 11.3 Å². The molecule has 0 aliphatic carbocycles. The monoisotopic (exact) mass is 311 g/mol. The molecule has 1 N–H and O–H groups in total. The van der Waals surface area contributed by atoms with Crippen molar-refractivity contribution in [2.75, 3.05) is 0 Å². The maximum absolute atomic E-state index is 10.6. The topological polar surface area (TPSA) is 66.7 Å². The molecule has 0 aromatic heterocycles. The van der Waals surface area contributed by atoms with Crippen LogP contribution in [0.25, 0.3) is 0 Å². The fraction of sp³-hybridized carbons (Fsp3) is 0.263. The van der Waals surface area contributed by atoms with Crippen LogP contribution in [0.5, 0.6) is 0 Å². The Balaban J connectivity index is 0.000000238. The van der Waals surface area contributed by atoms with Gasteiger partial charge in [-0.1, -0.05) is 50.6 Å². The third kappa shape index (κ3) is 6.29. The zero-order valence-corrected chi connectivity index (χ0v) is 13.8. The molecule has 0 fully saturated rings. The van der Waals surface area contributed by atoms with Crippen LogP contribution in [0.3, 0.4) is 0 Å². The van der Waals surface area contributed by atoms with Crippen LogP contribution in [0.4, 0.5) is 5.69 Å². The number of aryl methyl sites for hydroxylation is 1. The number of aliphatic imine (C=N–C) groups is 1. The maximum atomic E-state index is 10.6. The first-order valence-electron chi connectivity index (χ1n) is 7.22. The third-order valence-electron chi connectivity index (χ3n) is 3.21. The second-order valence-corrected chi connectivity index (χ2v) is 6.17. The van der Waals surface area contributed by atoms with Gasteiger partial charge < -0.3 is 5.11 Å². The number of isocyanates is 1. The van der Waals surface area contributed by atoms with Gasteiger partial charge in [-0.05, 0) is 42.2 Å². The summed E-state index contributed by atoms with van der Waals surface area (Å²) in [6.07, 6.45) is 1.48. The molecule has 0 unspecified atom stereocenters. The van der Waals surface area contributed by atoms with E-state index in [2.05, 4.69) is 25.8 Å². The molecule has 4 heteroatoms. The SMILES string of the molecule is CC(C)(C)c1ccc(C(=O)O)cc1.Cc1ccc(N=C=O)cc1. The van der Waals surface area contributed by atoms with Crippen molar-refractivity contribution in [2.45, 2.75) is 33.1 Å². The number of carboxylic acids is 1. The van der Waals surface area contributed by atoms with Crippen molar-refractivity contribution >= 4 is 17.7 Å². The minimum absolute atomic E-state index is 0.0804. The summed E-state index contributed by atoms with van der Waals surface area (Å²) in [6, 6.07) is 14.4. The Labute approximate surface area is 136 Å².